The molecule has 0 fully saturated rings. The van der Waals surface area contributed by atoms with Crippen LogP contribution in [0.1, 0.15) is 43.8 Å². The van der Waals surface area contributed by atoms with Crippen molar-refractivity contribution in [1.82, 2.24) is 0 Å². The fourth-order valence-electron chi connectivity index (χ4n) is 3.51. The first-order valence-corrected chi connectivity index (χ1v) is 9.32. The molecule has 1 amide bonds. The first kappa shape index (κ1) is 18.6. The zero-order valence-corrected chi connectivity index (χ0v) is 15.9. The third kappa shape index (κ3) is 3.55. The summed E-state index contributed by atoms with van der Waals surface area (Å²) in [6.45, 7) is 0. The predicted molar refractivity (Wildman–Crippen MR) is 110 cm³/mol. The van der Waals surface area contributed by atoms with E-state index in [4.69, 9.17) is 4.74 Å². The van der Waals surface area contributed by atoms with Crippen LogP contribution in [-0.4, -0.2) is 24.6 Å². The van der Waals surface area contributed by atoms with Crippen LogP contribution in [0.3, 0.4) is 0 Å². The Morgan fingerprint density at radius 1 is 0.828 bits per heavy atom. The summed E-state index contributed by atoms with van der Waals surface area (Å²) in [6.07, 6.45) is 0.815. The average Bonchev–Trinajstić information content (AvgIpc) is 2.76. The number of carbonyl (C=O) groups excluding carboxylic acids is 3. The van der Waals surface area contributed by atoms with Crippen LogP contribution in [0.15, 0.2) is 66.7 Å². The van der Waals surface area contributed by atoms with Crippen molar-refractivity contribution in [3.8, 4) is 5.75 Å². The molecule has 4 rings (SSSR count). The molecule has 1 aliphatic rings. The number of aryl methyl sites for hydroxylation is 1. The Bertz CT molecular complexity index is 1120. The zero-order chi connectivity index (χ0) is 20.4. The van der Waals surface area contributed by atoms with Crippen LogP contribution in [0.4, 0.5) is 5.69 Å². The Morgan fingerprint density at radius 2 is 1.48 bits per heavy atom. The van der Waals surface area contributed by atoms with Crippen molar-refractivity contribution in [3.05, 3.63) is 94.5 Å². The van der Waals surface area contributed by atoms with E-state index in [1.807, 2.05) is 24.3 Å². The zero-order valence-electron chi connectivity index (χ0n) is 15.9. The number of hydrogen-bond donors (Lipinski definition) is 1. The number of amides is 1. The van der Waals surface area contributed by atoms with E-state index in [1.165, 1.54) is 0 Å². The lowest BCUT2D eigenvalue weighted by atomic mass is 9.83. The molecule has 0 bridgehead atoms. The summed E-state index contributed by atoms with van der Waals surface area (Å²) in [5, 5.41) is 2.81. The molecule has 29 heavy (non-hydrogen) atoms. The Morgan fingerprint density at radius 3 is 2.17 bits per heavy atom. The van der Waals surface area contributed by atoms with Crippen molar-refractivity contribution in [2.24, 2.45) is 0 Å². The number of methoxy groups -OCH3 is 1. The van der Waals surface area contributed by atoms with Crippen molar-refractivity contribution in [3.63, 3.8) is 0 Å². The van der Waals surface area contributed by atoms with E-state index in [2.05, 4.69) is 5.32 Å². The van der Waals surface area contributed by atoms with Crippen LogP contribution >= 0.6 is 0 Å². The number of rotatable bonds is 5. The number of hydrogen-bond acceptors (Lipinski definition) is 4. The third-order valence-corrected chi connectivity index (χ3v) is 5.03. The van der Waals surface area contributed by atoms with E-state index in [1.54, 1.807) is 49.6 Å². The maximum Gasteiger partial charge on any atom is 0.224 e. The van der Waals surface area contributed by atoms with Gasteiger partial charge in [0.2, 0.25) is 5.91 Å². The van der Waals surface area contributed by atoms with Gasteiger partial charge in [-0.25, -0.2) is 0 Å². The van der Waals surface area contributed by atoms with Crippen LogP contribution in [-0.2, 0) is 11.2 Å². The summed E-state index contributed by atoms with van der Waals surface area (Å²) in [5.41, 5.74) is 2.72. The van der Waals surface area contributed by atoms with Gasteiger partial charge in [-0.1, -0.05) is 48.5 Å². The van der Waals surface area contributed by atoms with Crippen molar-refractivity contribution in [2.45, 2.75) is 12.8 Å². The molecule has 3 aromatic rings. The highest BCUT2D eigenvalue weighted by Gasteiger charge is 2.31. The van der Waals surface area contributed by atoms with Gasteiger partial charge in [0.15, 0.2) is 11.6 Å². The maximum absolute atomic E-state index is 13.0. The van der Waals surface area contributed by atoms with Gasteiger partial charge in [0.25, 0.3) is 0 Å². The second-order valence-corrected chi connectivity index (χ2v) is 6.83. The molecular formula is C24H19NO4. The summed E-state index contributed by atoms with van der Waals surface area (Å²) in [4.78, 5) is 38.3. The van der Waals surface area contributed by atoms with Gasteiger partial charge in [-0.15, -0.1) is 0 Å². The fourth-order valence-corrected chi connectivity index (χ4v) is 3.51. The van der Waals surface area contributed by atoms with Crippen molar-refractivity contribution >= 4 is 23.2 Å². The largest absolute Gasteiger partial charge is 0.497 e. The van der Waals surface area contributed by atoms with Gasteiger partial charge in [0.05, 0.1) is 18.4 Å². The number of ether oxygens (including phenoxy) is 1. The Labute approximate surface area is 168 Å². The van der Waals surface area contributed by atoms with Crippen LogP contribution < -0.4 is 10.1 Å². The van der Waals surface area contributed by atoms with Gasteiger partial charge in [0, 0.05) is 23.1 Å². The first-order chi connectivity index (χ1) is 14.1. The van der Waals surface area contributed by atoms with Crippen molar-refractivity contribution < 1.29 is 19.1 Å². The summed E-state index contributed by atoms with van der Waals surface area (Å²) in [5.74, 6) is 0.0942. The number of carbonyl (C=O) groups is 3. The minimum absolute atomic E-state index is 0.204. The molecule has 0 unspecified atom stereocenters. The highest BCUT2D eigenvalue weighted by Crippen LogP contribution is 2.32. The molecule has 0 atom stereocenters. The molecule has 0 saturated carbocycles. The minimum atomic E-state index is -0.249. The Balaban J connectivity index is 1.53. The molecule has 1 N–H and O–H groups in total. The first-order valence-electron chi connectivity index (χ1n) is 9.32. The molecule has 3 aromatic carbocycles. The minimum Gasteiger partial charge on any atom is -0.497 e. The second kappa shape index (κ2) is 7.72. The van der Waals surface area contributed by atoms with E-state index < -0.39 is 0 Å². The monoisotopic (exact) mass is 385 g/mol. The number of anilines is 1. The molecule has 5 heteroatoms. The fraction of sp³-hybridized carbons (Fsp3) is 0.125. The number of fused-ring (bicyclic) bond motifs is 2. The van der Waals surface area contributed by atoms with E-state index in [0.717, 1.165) is 11.3 Å². The van der Waals surface area contributed by atoms with Gasteiger partial charge >= 0.3 is 0 Å². The standard InChI is InChI=1S/C24H19NO4/c1-29-16-12-9-15(10-13-16)11-14-21(26)25-20-8-4-7-19-22(20)24(28)18-6-3-2-5-17(18)23(19)27/h2-10,12-13H,11,14H2,1H3,(H,25,26). The number of ketones is 2. The Hall–Kier alpha value is -3.73. The van der Waals surface area contributed by atoms with Crippen LogP contribution in [0.2, 0.25) is 0 Å². The average molecular weight is 385 g/mol. The van der Waals surface area contributed by atoms with Crippen LogP contribution in [0.25, 0.3) is 0 Å². The maximum atomic E-state index is 13.0. The molecule has 0 spiro atoms. The normalized spacial score (nSPS) is 12.2. The molecule has 1 aliphatic carbocycles. The SMILES string of the molecule is COc1ccc(CCC(=O)Nc2cccc3c2C(=O)c2ccccc2C3=O)cc1. The van der Waals surface area contributed by atoms with Gasteiger partial charge in [-0.2, -0.15) is 0 Å². The highest BCUT2D eigenvalue weighted by atomic mass is 16.5. The lowest BCUT2D eigenvalue weighted by Crippen LogP contribution is -2.24. The summed E-state index contributed by atoms with van der Waals surface area (Å²) in [6, 6.07) is 19.2. The third-order valence-electron chi connectivity index (χ3n) is 5.03. The summed E-state index contributed by atoms with van der Waals surface area (Å²) in [7, 11) is 1.60. The lowest BCUT2D eigenvalue weighted by Gasteiger charge is -2.20. The van der Waals surface area contributed by atoms with Crippen molar-refractivity contribution in [2.75, 3.05) is 12.4 Å². The van der Waals surface area contributed by atoms with Crippen LogP contribution in [0, 0.1) is 0 Å². The van der Waals surface area contributed by atoms with E-state index >= 15 is 0 Å². The number of benzene rings is 3. The second-order valence-electron chi connectivity index (χ2n) is 6.83. The molecule has 0 heterocycles. The Kier molecular flexibility index (Phi) is 4.96. The smallest absolute Gasteiger partial charge is 0.224 e. The predicted octanol–water partition coefficient (Wildman–Crippen LogP) is 4.04. The molecule has 5 nitrogen and oxygen atoms in total. The van der Waals surface area contributed by atoms with Crippen LogP contribution in [0.5, 0.6) is 5.75 Å². The van der Waals surface area contributed by atoms with E-state index in [-0.39, 0.29) is 29.5 Å². The molecule has 0 radical (unpaired) electrons. The van der Waals surface area contributed by atoms with Gasteiger partial charge in [-0.05, 0) is 30.2 Å². The lowest BCUT2D eigenvalue weighted by molar-refractivity contribution is -0.116. The number of nitrogens with one attached hydrogen (secondary N) is 1. The summed E-state index contributed by atoms with van der Waals surface area (Å²) >= 11 is 0. The highest BCUT2D eigenvalue weighted by molar-refractivity contribution is 6.30. The molecule has 0 aliphatic heterocycles. The topological polar surface area (TPSA) is 72.5 Å². The van der Waals surface area contributed by atoms with Gasteiger partial charge < -0.3 is 10.1 Å². The summed E-state index contributed by atoms with van der Waals surface area (Å²) < 4.78 is 5.13. The molecular weight excluding hydrogens is 366 g/mol. The van der Waals surface area contributed by atoms with Crippen molar-refractivity contribution in [1.29, 1.82) is 0 Å². The quantitative estimate of drug-likeness (QED) is 0.563. The van der Waals surface area contributed by atoms with E-state index in [9.17, 15) is 14.4 Å². The van der Waals surface area contributed by atoms with E-state index in [0.29, 0.717) is 28.8 Å². The molecule has 144 valence electrons. The molecule has 0 saturated heterocycles. The van der Waals surface area contributed by atoms with Gasteiger partial charge in [-0.3, -0.25) is 14.4 Å². The van der Waals surface area contributed by atoms with Gasteiger partial charge in [0.1, 0.15) is 5.75 Å². The molecule has 0 aromatic heterocycles.